The third-order valence-corrected chi connectivity index (χ3v) is 4.31. The molecular formula is C15H15NS. The summed E-state index contributed by atoms with van der Waals surface area (Å²) in [5.74, 6) is 0. The van der Waals surface area contributed by atoms with Crippen LogP contribution in [0.2, 0.25) is 0 Å². The first-order valence-electron chi connectivity index (χ1n) is 5.94. The molecule has 0 radical (unpaired) electrons. The maximum absolute atomic E-state index is 4.73. The van der Waals surface area contributed by atoms with Gasteiger partial charge in [0.1, 0.15) is 0 Å². The van der Waals surface area contributed by atoms with Crippen LogP contribution in [0.4, 0.5) is 0 Å². The van der Waals surface area contributed by atoms with Gasteiger partial charge in [-0.2, -0.15) is 0 Å². The van der Waals surface area contributed by atoms with Gasteiger partial charge in [-0.05, 0) is 29.3 Å². The number of fused-ring (bicyclic) bond motifs is 1. The molecule has 86 valence electrons. The molecule has 2 atom stereocenters. The highest BCUT2D eigenvalue weighted by Crippen LogP contribution is 2.37. The molecule has 0 fully saturated rings. The van der Waals surface area contributed by atoms with Crippen LogP contribution in [0.15, 0.2) is 47.5 Å². The minimum atomic E-state index is 0.324. The standard InChI is InChI=1S/C15H15NS/c1-10-15(16-11(2)17-10)14-8-7-12-5-3-4-6-13(12)9-14/h3-10,15H,1-2H3. The Labute approximate surface area is 106 Å². The van der Waals surface area contributed by atoms with Crippen LogP contribution in [-0.4, -0.2) is 10.3 Å². The number of rotatable bonds is 1. The van der Waals surface area contributed by atoms with E-state index in [0.717, 1.165) is 0 Å². The van der Waals surface area contributed by atoms with Crippen LogP contribution in [0, 0.1) is 0 Å². The molecule has 0 saturated heterocycles. The quantitative estimate of drug-likeness (QED) is 0.719. The lowest BCUT2D eigenvalue weighted by Crippen LogP contribution is -2.04. The van der Waals surface area contributed by atoms with Crippen molar-refractivity contribution in [3.63, 3.8) is 0 Å². The van der Waals surface area contributed by atoms with Gasteiger partial charge in [-0.1, -0.05) is 43.3 Å². The number of hydrogen-bond donors (Lipinski definition) is 0. The normalized spacial score (nSPS) is 24.0. The molecule has 2 aromatic rings. The first-order chi connectivity index (χ1) is 8.24. The summed E-state index contributed by atoms with van der Waals surface area (Å²) in [6, 6.07) is 15.5. The lowest BCUT2D eigenvalue weighted by Gasteiger charge is -2.13. The van der Waals surface area contributed by atoms with Crippen LogP contribution < -0.4 is 0 Å². The van der Waals surface area contributed by atoms with Crippen molar-refractivity contribution in [2.45, 2.75) is 25.1 Å². The Kier molecular flexibility index (Phi) is 2.67. The average molecular weight is 241 g/mol. The molecule has 1 nitrogen and oxygen atoms in total. The molecule has 0 aromatic heterocycles. The molecule has 2 unspecified atom stereocenters. The fourth-order valence-corrected chi connectivity index (χ4v) is 3.46. The zero-order valence-corrected chi connectivity index (χ0v) is 10.9. The van der Waals surface area contributed by atoms with Crippen molar-refractivity contribution in [2.24, 2.45) is 4.99 Å². The summed E-state index contributed by atoms with van der Waals surface area (Å²) in [6.07, 6.45) is 0. The van der Waals surface area contributed by atoms with E-state index in [-0.39, 0.29) is 0 Å². The Balaban J connectivity index is 2.06. The van der Waals surface area contributed by atoms with E-state index in [1.807, 2.05) is 11.8 Å². The van der Waals surface area contributed by atoms with E-state index < -0.39 is 0 Å². The predicted molar refractivity (Wildman–Crippen MR) is 76.9 cm³/mol. The van der Waals surface area contributed by atoms with Crippen molar-refractivity contribution in [1.29, 1.82) is 0 Å². The van der Waals surface area contributed by atoms with Gasteiger partial charge in [0, 0.05) is 5.25 Å². The van der Waals surface area contributed by atoms with E-state index in [9.17, 15) is 0 Å². The molecule has 0 aliphatic carbocycles. The van der Waals surface area contributed by atoms with E-state index in [1.54, 1.807) is 0 Å². The Hall–Kier alpha value is -1.28. The second-order valence-corrected chi connectivity index (χ2v) is 6.09. The summed E-state index contributed by atoms with van der Waals surface area (Å²) in [7, 11) is 0. The highest BCUT2D eigenvalue weighted by atomic mass is 32.2. The molecule has 1 aliphatic rings. The van der Waals surface area contributed by atoms with Crippen molar-refractivity contribution in [3.05, 3.63) is 48.0 Å². The number of hydrogen-bond acceptors (Lipinski definition) is 2. The molecule has 3 rings (SSSR count). The van der Waals surface area contributed by atoms with Gasteiger partial charge in [-0.3, -0.25) is 4.99 Å². The molecule has 0 bridgehead atoms. The van der Waals surface area contributed by atoms with Crippen LogP contribution in [0.5, 0.6) is 0 Å². The number of nitrogens with zero attached hydrogens (tertiary/aromatic N) is 1. The zero-order valence-electron chi connectivity index (χ0n) is 10.1. The summed E-state index contributed by atoms with van der Waals surface area (Å²) in [5.41, 5.74) is 1.33. The second kappa shape index (κ2) is 4.19. The SMILES string of the molecule is CC1=NC(c2ccc3ccccc3c2)C(C)S1. The minimum Gasteiger partial charge on any atom is -0.274 e. The Bertz CT molecular complexity index is 588. The van der Waals surface area contributed by atoms with E-state index in [1.165, 1.54) is 21.4 Å². The number of benzene rings is 2. The molecule has 0 spiro atoms. The van der Waals surface area contributed by atoms with Crippen LogP contribution in [-0.2, 0) is 0 Å². The molecule has 2 heteroatoms. The van der Waals surface area contributed by atoms with E-state index in [0.29, 0.717) is 11.3 Å². The molecule has 17 heavy (non-hydrogen) atoms. The topological polar surface area (TPSA) is 12.4 Å². The first kappa shape index (κ1) is 10.8. The molecule has 2 aromatic carbocycles. The third kappa shape index (κ3) is 1.98. The smallest absolute Gasteiger partial charge is 0.0878 e. The van der Waals surface area contributed by atoms with Crippen LogP contribution in [0.3, 0.4) is 0 Å². The van der Waals surface area contributed by atoms with E-state index in [4.69, 9.17) is 4.99 Å². The fraction of sp³-hybridized carbons (Fsp3) is 0.267. The summed E-state index contributed by atoms with van der Waals surface area (Å²) in [5, 5.41) is 4.36. The monoisotopic (exact) mass is 241 g/mol. The fourth-order valence-electron chi connectivity index (χ4n) is 2.40. The van der Waals surface area contributed by atoms with Gasteiger partial charge in [0.2, 0.25) is 0 Å². The van der Waals surface area contributed by atoms with Crippen molar-refractivity contribution in [2.75, 3.05) is 0 Å². The van der Waals surface area contributed by atoms with E-state index >= 15 is 0 Å². The van der Waals surface area contributed by atoms with Gasteiger partial charge in [-0.25, -0.2) is 0 Å². The van der Waals surface area contributed by atoms with Crippen LogP contribution in [0.1, 0.15) is 25.5 Å². The maximum Gasteiger partial charge on any atom is 0.0878 e. The number of thioether (sulfide) groups is 1. The highest BCUT2D eigenvalue weighted by molar-refractivity contribution is 8.14. The Morgan fingerprint density at radius 3 is 2.53 bits per heavy atom. The van der Waals surface area contributed by atoms with Crippen molar-refractivity contribution >= 4 is 27.6 Å². The van der Waals surface area contributed by atoms with E-state index in [2.05, 4.69) is 56.3 Å². The predicted octanol–water partition coefficient (Wildman–Crippen LogP) is 4.43. The summed E-state index contributed by atoms with van der Waals surface area (Å²) >= 11 is 1.88. The Morgan fingerprint density at radius 1 is 1.06 bits per heavy atom. The largest absolute Gasteiger partial charge is 0.274 e. The van der Waals surface area contributed by atoms with Crippen molar-refractivity contribution < 1.29 is 0 Å². The number of aliphatic imine (C=N–C) groups is 1. The van der Waals surface area contributed by atoms with Gasteiger partial charge in [-0.15, -0.1) is 11.8 Å². The summed E-state index contributed by atoms with van der Waals surface area (Å²) < 4.78 is 0. The maximum atomic E-state index is 4.73. The second-order valence-electron chi connectivity index (χ2n) is 4.52. The van der Waals surface area contributed by atoms with Gasteiger partial charge in [0.25, 0.3) is 0 Å². The first-order valence-corrected chi connectivity index (χ1v) is 6.82. The van der Waals surface area contributed by atoms with Crippen molar-refractivity contribution in [3.8, 4) is 0 Å². The van der Waals surface area contributed by atoms with Crippen molar-refractivity contribution in [1.82, 2.24) is 0 Å². The van der Waals surface area contributed by atoms with Crippen LogP contribution >= 0.6 is 11.8 Å². The Morgan fingerprint density at radius 2 is 1.82 bits per heavy atom. The molecule has 0 amide bonds. The third-order valence-electron chi connectivity index (χ3n) is 3.24. The van der Waals surface area contributed by atoms with Crippen LogP contribution in [0.25, 0.3) is 10.8 Å². The molecule has 0 saturated carbocycles. The van der Waals surface area contributed by atoms with Gasteiger partial charge in [0.15, 0.2) is 0 Å². The zero-order chi connectivity index (χ0) is 11.8. The summed E-state index contributed by atoms with van der Waals surface area (Å²) in [4.78, 5) is 4.73. The average Bonchev–Trinajstić information content (AvgIpc) is 2.68. The molecular weight excluding hydrogens is 226 g/mol. The lowest BCUT2D eigenvalue weighted by atomic mass is 10.0. The molecule has 1 heterocycles. The lowest BCUT2D eigenvalue weighted by molar-refractivity contribution is 0.734. The van der Waals surface area contributed by atoms with Gasteiger partial charge >= 0.3 is 0 Å². The summed E-state index contributed by atoms with van der Waals surface area (Å²) in [6.45, 7) is 4.35. The highest BCUT2D eigenvalue weighted by Gasteiger charge is 2.25. The minimum absolute atomic E-state index is 0.324. The molecule has 0 N–H and O–H groups in total. The molecule has 1 aliphatic heterocycles. The van der Waals surface area contributed by atoms with Gasteiger partial charge in [0.05, 0.1) is 11.1 Å². The van der Waals surface area contributed by atoms with Gasteiger partial charge < -0.3 is 0 Å².